The van der Waals surface area contributed by atoms with Crippen molar-refractivity contribution < 1.29 is 32.3 Å². The highest BCUT2D eigenvalue weighted by Gasteiger charge is 2.53. The fraction of sp³-hybridized carbons (Fsp3) is 0.619. The number of hydrogen-bond donors (Lipinski definition) is 2. The molecule has 3 aliphatic heterocycles. The van der Waals surface area contributed by atoms with Crippen LogP contribution < -0.4 is 15.5 Å². The largest absolute Gasteiger partial charge is 0.417 e. The molecule has 1 saturated carbocycles. The molecule has 2 N–H and O–H groups in total. The number of nitrogens with zero attached hydrogens (tertiary/aromatic N) is 6. The van der Waals surface area contributed by atoms with Crippen LogP contribution in [0.4, 0.5) is 24.7 Å². The molecule has 1 aliphatic carbocycles. The first-order chi connectivity index (χ1) is 27.5. The third-order valence-electron chi connectivity index (χ3n) is 12.5. The van der Waals surface area contributed by atoms with Gasteiger partial charge in [-0.05, 0) is 127 Å². The molecule has 0 spiro atoms. The van der Waals surface area contributed by atoms with Gasteiger partial charge < -0.3 is 19.9 Å². The first-order valence-corrected chi connectivity index (χ1v) is 20.8. The molecule has 0 bridgehead atoms. The number of rotatable bonds is 12. The molecule has 12 nitrogen and oxygen atoms in total. The Morgan fingerprint density at radius 1 is 1.07 bits per heavy atom. The topological polar surface area (TPSA) is 134 Å². The van der Waals surface area contributed by atoms with Gasteiger partial charge in [0.2, 0.25) is 17.7 Å². The lowest BCUT2D eigenvalue weighted by Gasteiger charge is -2.44. The molecular formula is C42H55F3N8O4S. The van der Waals surface area contributed by atoms with Gasteiger partial charge in [-0.15, -0.1) is 0 Å². The number of piperidine rings is 1. The van der Waals surface area contributed by atoms with Crippen LogP contribution in [0.5, 0.6) is 0 Å². The lowest BCUT2D eigenvalue weighted by Crippen LogP contribution is -2.58. The summed E-state index contributed by atoms with van der Waals surface area (Å²) < 4.78 is 47.5. The molecule has 16 heteroatoms. The van der Waals surface area contributed by atoms with Crippen molar-refractivity contribution in [3.05, 3.63) is 53.2 Å². The number of anilines is 2. The summed E-state index contributed by atoms with van der Waals surface area (Å²) in [4.78, 5) is 49.9. The number of hydrogen-bond acceptors (Lipinski definition) is 9. The fourth-order valence-corrected chi connectivity index (χ4v) is 10.3. The number of unbranched alkanes of at least 4 members (excludes halogenated alkanes) is 1. The van der Waals surface area contributed by atoms with Crippen LogP contribution in [0.2, 0.25) is 0 Å². The van der Waals surface area contributed by atoms with Crippen LogP contribution in [0.1, 0.15) is 108 Å². The molecule has 6 rings (SSSR count). The van der Waals surface area contributed by atoms with Gasteiger partial charge in [-0.2, -0.15) is 18.4 Å². The number of ether oxygens (including phenoxy) is 1. The highest BCUT2D eigenvalue weighted by Crippen LogP contribution is 2.44. The molecule has 2 unspecified atom stereocenters. The number of nitrogens with one attached hydrogen (secondary N) is 2. The van der Waals surface area contributed by atoms with E-state index in [1.54, 1.807) is 36.4 Å². The number of carbonyl (C=O) groups excluding carboxylic acids is 3. The van der Waals surface area contributed by atoms with Gasteiger partial charge in [-0.3, -0.25) is 29.5 Å². The lowest BCUT2D eigenvalue weighted by atomic mass is 9.81. The van der Waals surface area contributed by atoms with E-state index >= 15 is 0 Å². The zero-order chi connectivity index (χ0) is 41.9. The van der Waals surface area contributed by atoms with E-state index < -0.39 is 35.0 Å². The Labute approximate surface area is 344 Å². The Hall–Kier alpha value is -4.17. The minimum atomic E-state index is -4.68. The first kappa shape index (κ1) is 43.4. The molecule has 3 saturated heterocycles. The maximum Gasteiger partial charge on any atom is 0.417 e. The van der Waals surface area contributed by atoms with E-state index in [0.29, 0.717) is 23.3 Å². The number of imide groups is 1. The molecule has 0 radical (unpaired) electrons. The average molecular weight is 825 g/mol. The zero-order valence-corrected chi connectivity index (χ0v) is 34.8. The highest BCUT2D eigenvalue weighted by molar-refractivity contribution is 7.80. The molecule has 58 heavy (non-hydrogen) atoms. The van der Waals surface area contributed by atoms with Gasteiger partial charge in [0.25, 0.3) is 0 Å². The average Bonchev–Trinajstić information content (AvgIpc) is 3.37. The van der Waals surface area contributed by atoms with E-state index in [1.165, 1.54) is 12.1 Å². The van der Waals surface area contributed by atoms with Gasteiger partial charge in [0.1, 0.15) is 5.82 Å². The molecule has 4 aliphatic rings. The quantitative estimate of drug-likeness (QED) is 0.140. The van der Waals surface area contributed by atoms with Gasteiger partial charge in [0.15, 0.2) is 11.3 Å². The summed E-state index contributed by atoms with van der Waals surface area (Å²) in [6.07, 6.45) is 4.33. The van der Waals surface area contributed by atoms with Crippen LogP contribution in [0.15, 0.2) is 36.5 Å². The van der Waals surface area contributed by atoms with Crippen LogP contribution in [-0.2, 0) is 25.3 Å². The van der Waals surface area contributed by atoms with Crippen molar-refractivity contribution in [2.45, 2.75) is 127 Å². The number of amides is 3. The number of methoxy groups -OCH3 is 1. The second-order valence-corrected chi connectivity index (χ2v) is 17.3. The molecular weight excluding hydrogens is 770 g/mol. The summed E-state index contributed by atoms with van der Waals surface area (Å²) >= 11 is 5.97. The molecule has 2 aromatic rings. The normalized spacial score (nSPS) is 27.1. The first-order valence-electron chi connectivity index (χ1n) is 20.4. The van der Waals surface area contributed by atoms with Crippen molar-refractivity contribution in [1.82, 2.24) is 25.0 Å². The van der Waals surface area contributed by atoms with Crippen LogP contribution in [0.3, 0.4) is 0 Å². The predicted octanol–water partition coefficient (Wildman–Crippen LogP) is 6.41. The van der Waals surface area contributed by atoms with Crippen molar-refractivity contribution in [2.75, 3.05) is 43.5 Å². The molecule has 4 atom stereocenters. The summed E-state index contributed by atoms with van der Waals surface area (Å²) in [6, 6.07) is 9.33. The van der Waals surface area contributed by atoms with Gasteiger partial charge in [0, 0.05) is 56.6 Å². The van der Waals surface area contributed by atoms with E-state index in [0.717, 1.165) is 76.2 Å². The molecule has 1 aromatic carbocycles. The van der Waals surface area contributed by atoms with Crippen molar-refractivity contribution in [1.29, 1.82) is 5.26 Å². The Morgan fingerprint density at radius 2 is 1.78 bits per heavy atom. The summed E-state index contributed by atoms with van der Waals surface area (Å²) in [5.41, 5.74) is -1.03. The van der Waals surface area contributed by atoms with Crippen molar-refractivity contribution in [3.8, 4) is 6.07 Å². The van der Waals surface area contributed by atoms with E-state index in [2.05, 4.69) is 44.2 Å². The van der Waals surface area contributed by atoms with E-state index in [9.17, 15) is 32.8 Å². The lowest BCUT2D eigenvalue weighted by molar-refractivity contribution is -0.138. The Bertz CT molecular complexity index is 1890. The number of piperazine rings is 1. The summed E-state index contributed by atoms with van der Waals surface area (Å²) in [5, 5.41) is 15.0. The van der Waals surface area contributed by atoms with Gasteiger partial charge in [0.05, 0.1) is 35.2 Å². The molecule has 4 fully saturated rings. The number of halogens is 3. The van der Waals surface area contributed by atoms with Crippen LogP contribution >= 0.6 is 12.2 Å². The molecule has 314 valence electrons. The number of nitriles is 1. The second kappa shape index (κ2) is 18.0. The number of benzene rings is 1. The number of aromatic nitrogens is 1. The maximum atomic E-state index is 13.9. The standard InChI is InChI=1S/C42H55F3N8O4S/c1-26-23-50(24-27(2)51(26)25-37(55)48-35-20-29(17-18-47-35)33-15-16-36(54)49-38(33)56)19-7-6-8-28-9-12-31(13-10-28)53-40(58)52(39(57-5)41(53,3)4)32-14-11-30(22-46)34(21-32)42(43,44)45/h11,14,17-18,20-21,26-28,31,33,39H,6-10,12-13,15-16,19,23-25H2,1-5H3,(H,47,48,55)(H,49,54,56)/t26-,27+,28?,31?,33?,39?. The number of alkyl halides is 3. The minimum absolute atomic E-state index is 0.141. The van der Waals surface area contributed by atoms with Crippen molar-refractivity contribution in [2.24, 2.45) is 5.92 Å². The van der Waals surface area contributed by atoms with Crippen molar-refractivity contribution in [3.63, 3.8) is 0 Å². The Morgan fingerprint density at radius 3 is 2.41 bits per heavy atom. The van der Waals surface area contributed by atoms with Crippen LogP contribution in [-0.4, -0.2) is 106 Å². The van der Waals surface area contributed by atoms with Gasteiger partial charge in [-0.1, -0.05) is 12.8 Å². The molecule has 3 amide bonds. The Balaban J connectivity index is 0.939. The van der Waals surface area contributed by atoms with E-state index in [-0.39, 0.29) is 54.5 Å². The summed E-state index contributed by atoms with van der Waals surface area (Å²) in [5.74, 6) is -0.214. The summed E-state index contributed by atoms with van der Waals surface area (Å²) in [6.45, 7) is 11.3. The SMILES string of the molecule is COC1N(c2ccc(C#N)c(C(F)(F)F)c2)C(=S)N(C2CCC(CCCCN3C[C@@H](C)N(CC(=O)Nc4cc(C5CCC(=O)NC5=O)ccn4)[C@@H](C)C3)CC2)C1(C)C. The van der Waals surface area contributed by atoms with E-state index in [4.69, 9.17) is 17.0 Å². The maximum absolute atomic E-state index is 13.9. The monoisotopic (exact) mass is 824 g/mol. The minimum Gasteiger partial charge on any atom is -0.359 e. The van der Waals surface area contributed by atoms with Crippen molar-refractivity contribution >= 4 is 46.6 Å². The van der Waals surface area contributed by atoms with Gasteiger partial charge >= 0.3 is 6.18 Å². The number of carbonyl (C=O) groups is 3. The number of pyridine rings is 1. The van der Waals surface area contributed by atoms with E-state index in [1.807, 2.05) is 13.8 Å². The molecule has 1 aromatic heterocycles. The summed E-state index contributed by atoms with van der Waals surface area (Å²) in [7, 11) is 1.55. The fourth-order valence-electron chi connectivity index (χ4n) is 9.69. The predicted molar refractivity (Wildman–Crippen MR) is 218 cm³/mol. The Kier molecular flexibility index (Phi) is 13.5. The zero-order valence-electron chi connectivity index (χ0n) is 34.0. The number of thiocarbonyl (C=S) groups is 1. The second-order valence-electron chi connectivity index (χ2n) is 16.9. The molecule has 4 heterocycles. The van der Waals surface area contributed by atoms with Gasteiger partial charge in [-0.25, -0.2) is 4.98 Å². The highest BCUT2D eigenvalue weighted by atomic mass is 32.1. The van der Waals surface area contributed by atoms with Crippen LogP contribution in [0, 0.1) is 17.2 Å². The smallest absolute Gasteiger partial charge is 0.359 e. The third-order valence-corrected chi connectivity index (χ3v) is 12.9. The van der Waals surface area contributed by atoms with Crippen LogP contribution in [0.25, 0.3) is 0 Å². The third kappa shape index (κ3) is 9.48.